The van der Waals surface area contributed by atoms with Gasteiger partial charge in [-0.2, -0.15) is 0 Å². The van der Waals surface area contributed by atoms with Gasteiger partial charge in [-0.05, 0) is 45.2 Å². The zero-order chi connectivity index (χ0) is 11.7. The molecule has 0 amide bonds. The molecule has 0 spiro atoms. The van der Waals surface area contributed by atoms with Crippen LogP contribution in [0.25, 0.3) is 0 Å². The summed E-state index contributed by atoms with van der Waals surface area (Å²) in [4.78, 5) is -0.716. The zero-order valence-corrected chi connectivity index (χ0v) is 10.5. The minimum atomic E-state index is -3.38. The molecule has 0 aliphatic heterocycles. The largest absolute Gasteiger partial charge is 0.302 e. The van der Waals surface area contributed by atoms with Crippen molar-refractivity contribution in [3.05, 3.63) is 29.3 Å². The van der Waals surface area contributed by atoms with Gasteiger partial charge < -0.3 is 5.32 Å². The van der Waals surface area contributed by atoms with Gasteiger partial charge in [0.25, 0.3) is 0 Å². The molecule has 15 heavy (non-hydrogen) atoms. The topological polar surface area (TPSA) is 46.2 Å². The molecule has 0 heterocycles. The molecule has 0 fully saturated rings. The van der Waals surface area contributed by atoms with Crippen molar-refractivity contribution >= 4 is 21.4 Å². The molecule has 1 rings (SSSR count). The first-order valence-electron chi connectivity index (χ1n) is 4.50. The van der Waals surface area contributed by atoms with Crippen molar-refractivity contribution in [1.29, 1.82) is 0 Å². The van der Waals surface area contributed by atoms with Gasteiger partial charge in [0.2, 0.25) is 0 Å². The van der Waals surface area contributed by atoms with Crippen LogP contribution >= 0.6 is 11.6 Å². The summed E-state index contributed by atoms with van der Waals surface area (Å²) < 4.78 is 24.2. The van der Waals surface area contributed by atoms with Crippen LogP contribution in [0.5, 0.6) is 0 Å². The third-order valence-corrected chi connectivity index (χ3v) is 5.09. The molecular formula is C10H14ClNO2S. The molecule has 0 bridgehead atoms. The molecule has 0 saturated heterocycles. The minimum absolute atomic E-state index is 0.270. The summed E-state index contributed by atoms with van der Waals surface area (Å²) in [6.45, 7) is 3.24. The Bertz CT molecular complexity index is 437. The Kier molecular flexibility index (Phi) is 3.43. The number of hydrogen-bond acceptors (Lipinski definition) is 3. The van der Waals surface area contributed by atoms with E-state index < -0.39 is 14.7 Å². The number of nitrogens with one attached hydrogen (secondary N) is 1. The molecule has 5 heteroatoms. The lowest BCUT2D eigenvalue weighted by Gasteiger charge is -2.24. The second-order valence-electron chi connectivity index (χ2n) is 3.72. The van der Waals surface area contributed by atoms with E-state index in [0.29, 0.717) is 5.02 Å². The second kappa shape index (κ2) is 4.12. The lowest BCUT2D eigenvalue weighted by molar-refractivity contribution is 0.510. The van der Waals surface area contributed by atoms with Crippen molar-refractivity contribution < 1.29 is 8.42 Å². The number of sulfone groups is 1. The normalized spacial score (nSPS) is 12.8. The summed E-state index contributed by atoms with van der Waals surface area (Å²) in [5.41, 5.74) is 0. The second-order valence-corrected chi connectivity index (χ2v) is 6.65. The number of benzene rings is 1. The zero-order valence-electron chi connectivity index (χ0n) is 8.91. The highest BCUT2D eigenvalue weighted by Crippen LogP contribution is 2.23. The first-order chi connectivity index (χ1) is 6.81. The monoisotopic (exact) mass is 247 g/mol. The van der Waals surface area contributed by atoms with Crippen LogP contribution in [0, 0.1) is 0 Å². The highest BCUT2D eigenvalue weighted by molar-refractivity contribution is 7.92. The average Bonchev–Trinajstić information content (AvgIpc) is 2.18. The predicted molar refractivity (Wildman–Crippen MR) is 61.8 cm³/mol. The maximum absolute atomic E-state index is 12.1. The van der Waals surface area contributed by atoms with Crippen LogP contribution in [-0.2, 0) is 9.84 Å². The molecule has 0 aliphatic carbocycles. The van der Waals surface area contributed by atoms with E-state index in [-0.39, 0.29) is 4.90 Å². The number of halogens is 1. The highest BCUT2D eigenvalue weighted by Gasteiger charge is 2.33. The first-order valence-corrected chi connectivity index (χ1v) is 6.36. The third kappa shape index (κ3) is 2.33. The van der Waals surface area contributed by atoms with E-state index in [2.05, 4.69) is 5.32 Å². The third-order valence-electron chi connectivity index (χ3n) is 2.40. The Morgan fingerprint density at radius 2 is 1.67 bits per heavy atom. The van der Waals surface area contributed by atoms with E-state index in [0.717, 1.165) is 0 Å². The van der Waals surface area contributed by atoms with Gasteiger partial charge in [0.15, 0.2) is 9.84 Å². The van der Waals surface area contributed by atoms with Gasteiger partial charge in [0, 0.05) is 5.02 Å². The van der Waals surface area contributed by atoms with Crippen LogP contribution in [0.4, 0.5) is 0 Å². The van der Waals surface area contributed by atoms with Crippen LogP contribution in [0.2, 0.25) is 5.02 Å². The standard InChI is InChI=1S/C10H14ClNO2S/c1-10(2,12-3)15(13,14)9-6-4-8(11)5-7-9/h4-7,12H,1-3H3. The van der Waals surface area contributed by atoms with E-state index in [1.54, 1.807) is 33.0 Å². The van der Waals surface area contributed by atoms with Crippen LogP contribution in [-0.4, -0.2) is 20.3 Å². The van der Waals surface area contributed by atoms with Crippen molar-refractivity contribution in [2.45, 2.75) is 23.6 Å². The lowest BCUT2D eigenvalue weighted by Crippen LogP contribution is -2.44. The molecule has 1 aromatic rings. The SMILES string of the molecule is CNC(C)(C)S(=O)(=O)c1ccc(Cl)cc1. The number of rotatable bonds is 3. The molecule has 1 aromatic carbocycles. The molecule has 3 nitrogen and oxygen atoms in total. The Labute approximate surface area is 95.4 Å². The van der Waals surface area contributed by atoms with Crippen LogP contribution in [0.15, 0.2) is 29.2 Å². The van der Waals surface area contributed by atoms with Crippen molar-refractivity contribution in [2.75, 3.05) is 7.05 Å². The average molecular weight is 248 g/mol. The summed E-state index contributed by atoms with van der Waals surface area (Å²) in [6.07, 6.45) is 0. The van der Waals surface area contributed by atoms with Crippen LogP contribution in [0.3, 0.4) is 0 Å². The quantitative estimate of drug-likeness (QED) is 0.890. The summed E-state index contributed by atoms with van der Waals surface area (Å²) in [6, 6.07) is 6.16. The summed E-state index contributed by atoms with van der Waals surface area (Å²) in [5.74, 6) is 0. The molecule has 0 atom stereocenters. The van der Waals surface area contributed by atoms with Crippen molar-refractivity contribution in [1.82, 2.24) is 5.32 Å². The Morgan fingerprint density at radius 3 is 2.07 bits per heavy atom. The van der Waals surface area contributed by atoms with E-state index in [9.17, 15) is 8.42 Å². The first kappa shape index (κ1) is 12.5. The van der Waals surface area contributed by atoms with Crippen molar-refractivity contribution in [3.8, 4) is 0 Å². The molecule has 0 unspecified atom stereocenters. The van der Waals surface area contributed by atoms with Gasteiger partial charge >= 0.3 is 0 Å². The number of hydrogen-bond donors (Lipinski definition) is 1. The fraction of sp³-hybridized carbons (Fsp3) is 0.400. The summed E-state index contributed by atoms with van der Waals surface area (Å²) in [5, 5.41) is 3.30. The molecule has 0 aromatic heterocycles. The maximum atomic E-state index is 12.1. The van der Waals surface area contributed by atoms with Gasteiger partial charge in [-0.25, -0.2) is 8.42 Å². The molecular weight excluding hydrogens is 234 g/mol. The van der Waals surface area contributed by atoms with Gasteiger partial charge in [0.05, 0.1) is 4.90 Å². The fourth-order valence-electron chi connectivity index (χ4n) is 1.04. The Morgan fingerprint density at radius 1 is 1.20 bits per heavy atom. The van der Waals surface area contributed by atoms with E-state index in [4.69, 9.17) is 11.6 Å². The maximum Gasteiger partial charge on any atom is 0.196 e. The smallest absolute Gasteiger partial charge is 0.196 e. The molecule has 1 N–H and O–H groups in total. The van der Waals surface area contributed by atoms with E-state index >= 15 is 0 Å². The van der Waals surface area contributed by atoms with E-state index in [1.165, 1.54) is 12.1 Å². The molecule has 0 saturated carbocycles. The van der Waals surface area contributed by atoms with Gasteiger partial charge in [-0.1, -0.05) is 11.6 Å². The van der Waals surface area contributed by atoms with Crippen LogP contribution < -0.4 is 5.32 Å². The van der Waals surface area contributed by atoms with Crippen molar-refractivity contribution in [2.24, 2.45) is 0 Å². The highest BCUT2D eigenvalue weighted by atomic mass is 35.5. The summed E-state index contributed by atoms with van der Waals surface area (Å²) in [7, 11) is -1.76. The molecule has 84 valence electrons. The Hall–Kier alpha value is -0.580. The molecule has 0 radical (unpaired) electrons. The predicted octanol–water partition coefficient (Wildman–Crippen LogP) is 2.07. The fourth-order valence-corrected chi connectivity index (χ4v) is 2.52. The van der Waals surface area contributed by atoms with Gasteiger partial charge in [-0.15, -0.1) is 0 Å². The minimum Gasteiger partial charge on any atom is -0.302 e. The van der Waals surface area contributed by atoms with Crippen LogP contribution in [0.1, 0.15) is 13.8 Å². The van der Waals surface area contributed by atoms with E-state index in [1.807, 2.05) is 0 Å². The lowest BCUT2D eigenvalue weighted by atomic mass is 10.4. The summed E-state index contributed by atoms with van der Waals surface area (Å²) >= 11 is 5.70. The Balaban J connectivity index is 3.24. The van der Waals surface area contributed by atoms with Gasteiger partial charge in [0.1, 0.15) is 4.87 Å². The van der Waals surface area contributed by atoms with Gasteiger partial charge in [-0.3, -0.25) is 0 Å². The van der Waals surface area contributed by atoms with Crippen molar-refractivity contribution in [3.63, 3.8) is 0 Å². The molecule has 0 aliphatic rings.